The fourth-order valence-electron chi connectivity index (χ4n) is 2.61. The van der Waals surface area contributed by atoms with Crippen LogP contribution in [-0.4, -0.2) is 35.4 Å². The van der Waals surface area contributed by atoms with Crippen molar-refractivity contribution >= 4 is 45.0 Å². The number of methoxy groups -OCH3 is 1. The molecule has 0 aliphatic rings. The second-order valence-corrected chi connectivity index (χ2v) is 9.07. The van der Waals surface area contributed by atoms with E-state index in [4.69, 9.17) is 21.7 Å². The van der Waals surface area contributed by atoms with Crippen molar-refractivity contribution in [3.05, 3.63) is 57.9 Å². The van der Waals surface area contributed by atoms with E-state index in [0.717, 1.165) is 14.3 Å². The minimum atomic E-state index is -1.04. The molecule has 0 spiro atoms. The standard InChI is InChI=1S/C20H17NO6S3/c1-26-19(24)14(8-11-2-7-15(22)16(23)9-11)21-20(25)27-13-5-3-12(4-6-13)17-10-18(28)30-29-17/h2-7,9-10,14,22-23H,8H2,1H3,(H,21,25). The normalized spacial score (nSPS) is 11.5. The molecule has 1 aromatic heterocycles. The van der Waals surface area contributed by atoms with Crippen LogP contribution < -0.4 is 10.1 Å². The molecule has 0 aliphatic carbocycles. The van der Waals surface area contributed by atoms with Crippen molar-refractivity contribution in [3.63, 3.8) is 0 Å². The summed E-state index contributed by atoms with van der Waals surface area (Å²) in [7, 11) is 4.29. The van der Waals surface area contributed by atoms with Crippen LogP contribution in [0.4, 0.5) is 4.79 Å². The summed E-state index contributed by atoms with van der Waals surface area (Å²) in [6.07, 6.45) is -0.787. The quantitative estimate of drug-likeness (QED) is 0.214. The van der Waals surface area contributed by atoms with Crippen molar-refractivity contribution in [1.82, 2.24) is 5.32 Å². The number of phenols is 2. The Balaban J connectivity index is 1.65. The molecule has 0 bridgehead atoms. The number of carbonyl (C=O) groups excluding carboxylic acids is 2. The summed E-state index contributed by atoms with van der Waals surface area (Å²) in [5.74, 6) is -0.973. The van der Waals surface area contributed by atoms with Crippen LogP contribution in [0.1, 0.15) is 5.56 Å². The highest BCUT2D eigenvalue weighted by Gasteiger charge is 2.23. The number of benzene rings is 2. The number of ether oxygens (including phenoxy) is 2. The lowest BCUT2D eigenvalue weighted by Crippen LogP contribution is -2.44. The molecule has 2 aromatic carbocycles. The average molecular weight is 464 g/mol. The van der Waals surface area contributed by atoms with Crippen LogP contribution in [0, 0.1) is 3.82 Å². The van der Waals surface area contributed by atoms with Crippen LogP contribution in [-0.2, 0) is 16.0 Å². The van der Waals surface area contributed by atoms with Gasteiger partial charge in [-0.05, 0) is 53.6 Å². The van der Waals surface area contributed by atoms with Gasteiger partial charge in [0, 0.05) is 11.3 Å². The van der Waals surface area contributed by atoms with Gasteiger partial charge in [-0.2, -0.15) is 0 Å². The third-order valence-electron chi connectivity index (χ3n) is 4.07. The molecule has 0 saturated carbocycles. The molecule has 1 amide bonds. The molecule has 3 N–H and O–H groups in total. The van der Waals surface area contributed by atoms with E-state index in [1.807, 2.05) is 18.2 Å². The lowest BCUT2D eigenvalue weighted by molar-refractivity contribution is -0.142. The van der Waals surface area contributed by atoms with Crippen LogP contribution in [0.25, 0.3) is 10.4 Å². The van der Waals surface area contributed by atoms with Gasteiger partial charge in [0.05, 0.1) is 7.11 Å². The second kappa shape index (κ2) is 9.70. The van der Waals surface area contributed by atoms with E-state index in [1.165, 1.54) is 35.6 Å². The van der Waals surface area contributed by atoms with Gasteiger partial charge in [0.25, 0.3) is 0 Å². The summed E-state index contributed by atoms with van der Waals surface area (Å²) in [6.45, 7) is 0. The third-order valence-corrected chi connectivity index (χ3v) is 6.98. The van der Waals surface area contributed by atoms with Crippen molar-refractivity contribution in [2.45, 2.75) is 12.5 Å². The van der Waals surface area contributed by atoms with Gasteiger partial charge in [-0.15, -0.1) is 0 Å². The Morgan fingerprint density at radius 1 is 1.07 bits per heavy atom. The first-order chi connectivity index (χ1) is 14.4. The molecule has 0 radical (unpaired) electrons. The number of esters is 1. The molecule has 1 heterocycles. The van der Waals surface area contributed by atoms with Crippen LogP contribution >= 0.6 is 32.9 Å². The molecular weight excluding hydrogens is 446 g/mol. The zero-order valence-corrected chi connectivity index (χ0v) is 18.1. The SMILES string of the molecule is COC(=O)C(Cc1ccc(O)c(O)c1)NC(=O)Oc1ccc(-c2cc(=S)ss2)cc1. The predicted octanol–water partition coefficient (Wildman–Crippen LogP) is 4.49. The Kier molecular flexibility index (Phi) is 7.03. The van der Waals surface area contributed by atoms with E-state index >= 15 is 0 Å². The van der Waals surface area contributed by atoms with Crippen LogP contribution in [0.3, 0.4) is 0 Å². The topological polar surface area (TPSA) is 105 Å². The van der Waals surface area contributed by atoms with Crippen LogP contribution in [0.2, 0.25) is 0 Å². The molecule has 3 rings (SSSR count). The highest BCUT2D eigenvalue weighted by atomic mass is 32.9. The molecule has 30 heavy (non-hydrogen) atoms. The summed E-state index contributed by atoms with van der Waals surface area (Å²) in [5.41, 5.74) is 1.48. The minimum absolute atomic E-state index is 0.0392. The van der Waals surface area contributed by atoms with E-state index in [9.17, 15) is 19.8 Å². The summed E-state index contributed by atoms with van der Waals surface area (Å²) in [4.78, 5) is 25.4. The number of rotatable bonds is 6. The van der Waals surface area contributed by atoms with Gasteiger partial charge in [0.1, 0.15) is 15.6 Å². The minimum Gasteiger partial charge on any atom is -0.504 e. The molecular formula is C20H17NO6S3. The zero-order chi connectivity index (χ0) is 21.7. The van der Waals surface area contributed by atoms with Gasteiger partial charge < -0.3 is 25.0 Å². The van der Waals surface area contributed by atoms with Gasteiger partial charge in [0.15, 0.2) is 11.5 Å². The molecule has 0 fully saturated rings. The fraction of sp³-hybridized carbons (Fsp3) is 0.150. The van der Waals surface area contributed by atoms with Crippen LogP contribution in [0.5, 0.6) is 17.2 Å². The first-order valence-electron chi connectivity index (χ1n) is 8.63. The molecule has 10 heteroatoms. The van der Waals surface area contributed by atoms with Crippen molar-refractivity contribution in [3.8, 4) is 27.7 Å². The molecule has 3 aromatic rings. The lowest BCUT2D eigenvalue weighted by Gasteiger charge is -2.16. The maximum Gasteiger partial charge on any atom is 0.413 e. The molecule has 1 atom stereocenters. The highest BCUT2D eigenvalue weighted by molar-refractivity contribution is 7.80. The largest absolute Gasteiger partial charge is 0.504 e. The Hall–Kier alpha value is -2.95. The molecule has 156 valence electrons. The smallest absolute Gasteiger partial charge is 0.413 e. The fourth-order valence-corrected chi connectivity index (χ4v) is 5.01. The van der Waals surface area contributed by atoms with E-state index in [1.54, 1.807) is 22.5 Å². The molecule has 0 saturated heterocycles. The van der Waals surface area contributed by atoms with E-state index in [-0.39, 0.29) is 17.9 Å². The number of carbonyl (C=O) groups is 2. The Morgan fingerprint density at radius 3 is 2.40 bits per heavy atom. The molecule has 0 aliphatic heterocycles. The maximum atomic E-state index is 12.3. The van der Waals surface area contributed by atoms with Gasteiger partial charge in [-0.25, -0.2) is 9.59 Å². The number of aromatic hydroxyl groups is 2. The van der Waals surface area contributed by atoms with E-state index in [2.05, 4.69) is 5.32 Å². The van der Waals surface area contributed by atoms with Gasteiger partial charge in [-0.3, -0.25) is 0 Å². The number of amides is 1. The summed E-state index contributed by atoms with van der Waals surface area (Å²) >= 11 is 5.13. The van der Waals surface area contributed by atoms with Crippen LogP contribution in [0.15, 0.2) is 48.5 Å². The summed E-state index contributed by atoms with van der Waals surface area (Å²) in [5, 5.41) is 21.5. The van der Waals surface area contributed by atoms with E-state index < -0.39 is 18.1 Å². The first-order valence-corrected chi connectivity index (χ1v) is 11.2. The lowest BCUT2D eigenvalue weighted by atomic mass is 10.1. The molecule has 1 unspecified atom stereocenters. The zero-order valence-electron chi connectivity index (χ0n) is 15.7. The average Bonchev–Trinajstić information content (AvgIpc) is 3.16. The summed E-state index contributed by atoms with van der Waals surface area (Å²) < 4.78 is 10.8. The number of hydrogen-bond donors (Lipinski definition) is 3. The predicted molar refractivity (Wildman–Crippen MR) is 117 cm³/mol. The number of nitrogens with one attached hydrogen (secondary N) is 1. The maximum absolute atomic E-state index is 12.3. The Bertz CT molecular complexity index is 1110. The van der Waals surface area contributed by atoms with Crippen molar-refractivity contribution < 1.29 is 29.3 Å². The van der Waals surface area contributed by atoms with Crippen molar-refractivity contribution in [1.29, 1.82) is 0 Å². The third kappa shape index (κ3) is 5.56. The Labute approximate surface area is 184 Å². The molecule has 7 nitrogen and oxygen atoms in total. The monoisotopic (exact) mass is 463 g/mol. The first kappa shape index (κ1) is 21.8. The highest BCUT2D eigenvalue weighted by Crippen LogP contribution is 2.30. The number of phenolic OH excluding ortho intramolecular Hbond substituents is 2. The van der Waals surface area contributed by atoms with Gasteiger partial charge in [0.2, 0.25) is 0 Å². The van der Waals surface area contributed by atoms with E-state index in [0.29, 0.717) is 11.3 Å². The second-order valence-electron chi connectivity index (χ2n) is 6.16. The number of hydrogen-bond acceptors (Lipinski definition) is 9. The van der Waals surface area contributed by atoms with Crippen molar-refractivity contribution in [2.75, 3.05) is 7.11 Å². The van der Waals surface area contributed by atoms with Gasteiger partial charge in [-0.1, -0.05) is 39.0 Å². The van der Waals surface area contributed by atoms with Crippen molar-refractivity contribution in [2.24, 2.45) is 0 Å². The summed E-state index contributed by atoms with van der Waals surface area (Å²) in [6, 6.07) is 11.9. The van der Waals surface area contributed by atoms with Gasteiger partial charge >= 0.3 is 12.1 Å². The Morgan fingerprint density at radius 2 is 1.80 bits per heavy atom.